The molecule has 2 aliphatic rings. The highest BCUT2D eigenvalue weighted by Gasteiger charge is 2.37. The Labute approximate surface area is 286 Å². The number of hydrogen-bond donors (Lipinski definition) is 0. The van der Waals surface area contributed by atoms with E-state index >= 15 is 0 Å². The summed E-state index contributed by atoms with van der Waals surface area (Å²) < 4.78 is 11.1. The fourth-order valence-corrected chi connectivity index (χ4v) is 7.74. The Morgan fingerprint density at radius 1 is 0.400 bits per heavy atom. The minimum atomic E-state index is -0.347. The zero-order chi connectivity index (χ0) is 34.3. The molecule has 9 rings (SSSR count). The quantitative estimate of drug-likeness (QED) is 0.0930. The lowest BCUT2D eigenvalue weighted by molar-refractivity contribution is 0.0583. The minimum absolute atomic E-state index is 0.139. The average molecular weight is 659 g/mol. The number of ether oxygens (including phenoxy) is 2. The van der Waals surface area contributed by atoms with Crippen LogP contribution < -0.4 is 9.47 Å². The highest BCUT2D eigenvalue weighted by atomic mass is 16.5. The minimum Gasteiger partial charge on any atom is -0.494 e. The van der Waals surface area contributed by atoms with E-state index in [1.807, 2.05) is 86.6 Å². The lowest BCUT2D eigenvalue weighted by Gasteiger charge is -2.30. The number of imide groups is 2. The van der Waals surface area contributed by atoms with Crippen molar-refractivity contribution in [2.24, 2.45) is 0 Å². The lowest BCUT2D eigenvalue weighted by Crippen LogP contribution is -2.40. The number of nitrogens with zero attached hydrogens (tertiary/aromatic N) is 2. The molecule has 0 N–H and O–H groups in total. The molecule has 50 heavy (non-hydrogen) atoms. The van der Waals surface area contributed by atoms with Crippen molar-refractivity contribution in [3.8, 4) is 11.5 Å². The molecule has 0 aromatic heterocycles. The largest absolute Gasteiger partial charge is 0.494 e. The summed E-state index contributed by atoms with van der Waals surface area (Å²) in [6.07, 6.45) is 0. The van der Waals surface area contributed by atoms with Gasteiger partial charge in [-0.3, -0.25) is 29.0 Å². The van der Waals surface area contributed by atoms with Crippen molar-refractivity contribution >= 4 is 66.7 Å². The first-order chi connectivity index (χ1) is 24.4. The van der Waals surface area contributed by atoms with Crippen LogP contribution in [-0.2, 0) is 13.1 Å². The molecule has 0 saturated heterocycles. The number of carbonyl (C=O) groups excluding carboxylic acids is 4. The average Bonchev–Trinajstić information content (AvgIpc) is 3.14. The van der Waals surface area contributed by atoms with Gasteiger partial charge in [0.15, 0.2) is 0 Å². The maximum absolute atomic E-state index is 14.0. The normalized spacial score (nSPS) is 14.2. The van der Waals surface area contributed by atoms with Gasteiger partial charge in [-0.05, 0) is 106 Å². The van der Waals surface area contributed by atoms with E-state index in [1.165, 1.54) is 9.80 Å². The third-order valence-electron chi connectivity index (χ3n) is 9.95. The summed E-state index contributed by atoms with van der Waals surface area (Å²) in [5.41, 5.74) is 3.51. The number of benzene rings is 7. The van der Waals surface area contributed by atoms with Gasteiger partial charge in [0, 0.05) is 33.0 Å². The smallest absolute Gasteiger partial charge is 0.261 e. The Hall–Kier alpha value is -6.28. The first-order valence-electron chi connectivity index (χ1n) is 16.7. The van der Waals surface area contributed by atoms with Crippen LogP contribution in [0.3, 0.4) is 0 Å². The van der Waals surface area contributed by atoms with E-state index in [9.17, 15) is 19.2 Å². The van der Waals surface area contributed by atoms with Crippen molar-refractivity contribution in [3.63, 3.8) is 0 Å². The molecule has 7 aromatic rings. The van der Waals surface area contributed by atoms with Crippen molar-refractivity contribution in [1.82, 2.24) is 9.80 Å². The molecule has 0 bridgehead atoms. The number of fused-ring (bicyclic) bond motifs is 2. The maximum atomic E-state index is 14.0. The molecule has 0 unspecified atom stereocenters. The SMILES string of the molecule is CCOc1ccc(CN2C(=O)c3ccc4c5ccc6c7c(ccc(c8ccc(c3c48)C2=O)c75)C(=O)N(Cc2ccc(OCC)cc2)C6=O)cc1. The summed E-state index contributed by atoms with van der Waals surface area (Å²) in [4.78, 5) is 58.4. The Kier molecular flexibility index (Phi) is 6.64. The first kappa shape index (κ1) is 29.8. The molecule has 8 heteroatoms. The van der Waals surface area contributed by atoms with Crippen LogP contribution in [0.4, 0.5) is 0 Å². The van der Waals surface area contributed by atoms with Crippen molar-refractivity contribution in [1.29, 1.82) is 0 Å². The van der Waals surface area contributed by atoms with Gasteiger partial charge >= 0.3 is 0 Å². The van der Waals surface area contributed by atoms with E-state index in [1.54, 1.807) is 24.3 Å². The predicted molar refractivity (Wildman–Crippen MR) is 191 cm³/mol. The van der Waals surface area contributed by atoms with E-state index in [0.717, 1.165) is 54.9 Å². The molecular weight excluding hydrogens is 628 g/mol. The van der Waals surface area contributed by atoms with Gasteiger partial charge in [0.1, 0.15) is 11.5 Å². The zero-order valence-electron chi connectivity index (χ0n) is 27.4. The van der Waals surface area contributed by atoms with E-state index < -0.39 is 0 Å². The van der Waals surface area contributed by atoms with Crippen molar-refractivity contribution < 1.29 is 28.7 Å². The first-order valence-corrected chi connectivity index (χ1v) is 16.7. The maximum Gasteiger partial charge on any atom is 0.261 e. The summed E-state index contributed by atoms with van der Waals surface area (Å²) in [6, 6.07) is 29.7. The van der Waals surface area contributed by atoms with Gasteiger partial charge in [-0.25, -0.2) is 0 Å². The van der Waals surface area contributed by atoms with Gasteiger partial charge in [-0.2, -0.15) is 0 Å². The summed E-state index contributed by atoms with van der Waals surface area (Å²) in [5.74, 6) is 0.0696. The van der Waals surface area contributed by atoms with Crippen molar-refractivity contribution in [2.75, 3.05) is 13.2 Å². The molecule has 7 aromatic carbocycles. The Balaban J connectivity index is 1.15. The molecule has 0 fully saturated rings. The second kappa shape index (κ2) is 11.1. The summed E-state index contributed by atoms with van der Waals surface area (Å²) >= 11 is 0. The topological polar surface area (TPSA) is 93.2 Å². The third-order valence-corrected chi connectivity index (χ3v) is 9.95. The molecule has 2 aliphatic heterocycles. The van der Waals surface area contributed by atoms with Crippen LogP contribution in [0.1, 0.15) is 66.4 Å². The standard InChI is InChI=1S/C42H30N2O6/c1-3-49-25-9-5-23(6-10-25)21-43-39(45)31-17-13-27-29-15-19-33-38-34(42(48)44(41(33)47)22-24-7-11-26(12-8-24)50-4-2)20-16-30(36(29)38)28-14-18-32(40(43)46)37(31)35(27)28/h5-20H,3-4,21-22H2,1-2H3. The summed E-state index contributed by atoms with van der Waals surface area (Å²) in [7, 11) is 0. The van der Waals surface area contributed by atoms with E-state index in [-0.39, 0.29) is 36.7 Å². The third kappa shape index (κ3) is 4.24. The van der Waals surface area contributed by atoms with Crippen LogP contribution in [0, 0.1) is 0 Å². The molecule has 0 radical (unpaired) electrons. The summed E-state index contributed by atoms with van der Waals surface area (Å²) in [5, 5.41) is 6.33. The number of hydrogen-bond acceptors (Lipinski definition) is 6. The van der Waals surface area contributed by atoms with Crippen LogP contribution in [-0.4, -0.2) is 46.6 Å². The van der Waals surface area contributed by atoms with Gasteiger partial charge in [-0.15, -0.1) is 0 Å². The van der Waals surface area contributed by atoms with Crippen LogP contribution in [0.5, 0.6) is 11.5 Å². The van der Waals surface area contributed by atoms with Crippen LogP contribution in [0.15, 0.2) is 97.1 Å². The monoisotopic (exact) mass is 658 g/mol. The Bertz CT molecular complexity index is 2290. The van der Waals surface area contributed by atoms with Gasteiger partial charge in [0.25, 0.3) is 23.6 Å². The Morgan fingerprint density at radius 3 is 0.980 bits per heavy atom. The molecule has 0 atom stereocenters. The summed E-state index contributed by atoms with van der Waals surface area (Å²) in [6.45, 7) is 5.21. The molecule has 244 valence electrons. The van der Waals surface area contributed by atoms with Crippen LogP contribution in [0.25, 0.3) is 43.1 Å². The van der Waals surface area contributed by atoms with Gasteiger partial charge in [0.2, 0.25) is 0 Å². The van der Waals surface area contributed by atoms with Gasteiger partial charge in [0.05, 0.1) is 26.3 Å². The fourth-order valence-electron chi connectivity index (χ4n) is 7.74. The molecule has 2 heterocycles. The van der Waals surface area contributed by atoms with Crippen molar-refractivity contribution in [2.45, 2.75) is 26.9 Å². The highest BCUT2D eigenvalue weighted by molar-refractivity contribution is 6.41. The number of rotatable bonds is 8. The van der Waals surface area contributed by atoms with Gasteiger partial charge < -0.3 is 9.47 Å². The molecule has 4 amide bonds. The molecule has 0 spiro atoms. The Morgan fingerprint density at radius 2 is 0.700 bits per heavy atom. The second-order valence-electron chi connectivity index (χ2n) is 12.7. The predicted octanol–water partition coefficient (Wildman–Crippen LogP) is 8.13. The van der Waals surface area contributed by atoms with Crippen LogP contribution >= 0.6 is 0 Å². The van der Waals surface area contributed by atoms with Crippen LogP contribution in [0.2, 0.25) is 0 Å². The second-order valence-corrected chi connectivity index (χ2v) is 12.7. The molecule has 0 aliphatic carbocycles. The number of amides is 4. The van der Waals surface area contributed by atoms with Gasteiger partial charge in [-0.1, -0.05) is 48.5 Å². The number of carbonyl (C=O) groups is 4. The van der Waals surface area contributed by atoms with E-state index in [0.29, 0.717) is 46.2 Å². The lowest BCUT2D eigenvalue weighted by atomic mass is 9.82. The molecule has 0 saturated carbocycles. The molecular formula is C42H30N2O6. The zero-order valence-corrected chi connectivity index (χ0v) is 27.4. The van der Waals surface area contributed by atoms with Crippen molar-refractivity contribution in [3.05, 3.63) is 130 Å². The highest BCUT2D eigenvalue weighted by Crippen LogP contribution is 2.46. The molecule has 8 nitrogen and oxygen atoms in total. The van der Waals surface area contributed by atoms with E-state index in [4.69, 9.17) is 9.47 Å². The van der Waals surface area contributed by atoms with E-state index in [2.05, 4.69) is 0 Å². The fraction of sp³-hybridized carbons (Fsp3) is 0.143.